The highest BCUT2D eigenvalue weighted by molar-refractivity contribution is 7.90. The van der Waals surface area contributed by atoms with Gasteiger partial charge in [0.1, 0.15) is 0 Å². The Labute approximate surface area is 175 Å². The van der Waals surface area contributed by atoms with E-state index in [1.54, 1.807) is 6.92 Å². The van der Waals surface area contributed by atoms with E-state index in [1.165, 1.54) is 4.68 Å². The Morgan fingerprint density at radius 3 is 2.60 bits per heavy atom. The fourth-order valence-corrected chi connectivity index (χ4v) is 3.88. The lowest BCUT2D eigenvalue weighted by molar-refractivity contribution is 0.0975. The van der Waals surface area contributed by atoms with E-state index in [1.807, 2.05) is 61.5 Å². The molecule has 3 rings (SSSR count). The van der Waals surface area contributed by atoms with Crippen molar-refractivity contribution in [1.82, 2.24) is 19.7 Å². The molecule has 0 bridgehead atoms. The van der Waals surface area contributed by atoms with Gasteiger partial charge in [-0.15, -0.1) is 5.10 Å². The average Bonchev–Trinajstić information content (AvgIpc) is 3.09. The van der Waals surface area contributed by atoms with E-state index < -0.39 is 15.9 Å². The van der Waals surface area contributed by atoms with Crippen LogP contribution in [0.3, 0.4) is 0 Å². The standard InChI is InChI=1S/C21H24N4O4S/c1-16-8-6-11-19(14-16)25-17(2)20(22-24-25)21(26)23-30(27,28)13-7-12-29-15-18-9-4-3-5-10-18/h3-6,8-11,14H,7,12-13,15H2,1-2H3,(H,23,26). The molecule has 30 heavy (non-hydrogen) atoms. The van der Waals surface area contributed by atoms with Crippen molar-refractivity contribution >= 4 is 15.9 Å². The molecule has 0 fully saturated rings. The normalized spacial score (nSPS) is 11.4. The Hall–Kier alpha value is -3.04. The lowest BCUT2D eigenvalue weighted by Gasteiger charge is -2.07. The number of sulfonamides is 1. The molecule has 0 saturated carbocycles. The summed E-state index contributed by atoms with van der Waals surface area (Å²) in [5, 5.41) is 7.85. The summed E-state index contributed by atoms with van der Waals surface area (Å²) in [6.45, 7) is 4.29. The molecular weight excluding hydrogens is 404 g/mol. The molecule has 0 aliphatic carbocycles. The highest BCUT2D eigenvalue weighted by Gasteiger charge is 2.22. The summed E-state index contributed by atoms with van der Waals surface area (Å²) in [7, 11) is -3.81. The molecular formula is C21H24N4O4S. The molecule has 9 heteroatoms. The molecule has 0 unspecified atom stereocenters. The first-order valence-electron chi connectivity index (χ1n) is 9.51. The average molecular weight is 429 g/mol. The molecule has 1 amide bonds. The third-order valence-electron chi connectivity index (χ3n) is 4.42. The van der Waals surface area contributed by atoms with Crippen LogP contribution in [0.5, 0.6) is 0 Å². The zero-order valence-electron chi connectivity index (χ0n) is 16.9. The van der Waals surface area contributed by atoms with Gasteiger partial charge in [-0.3, -0.25) is 4.79 Å². The minimum absolute atomic E-state index is 0.0274. The molecule has 2 aromatic carbocycles. The molecule has 1 aromatic heterocycles. The lowest BCUT2D eigenvalue weighted by atomic mass is 10.2. The summed E-state index contributed by atoms with van der Waals surface area (Å²) in [6, 6.07) is 17.2. The number of nitrogens with one attached hydrogen (secondary N) is 1. The van der Waals surface area contributed by atoms with Crippen LogP contribution in [0.15, 0.2) is 54.6 Å². The van der Waals surface area contributed by atoms with Gasteiger partial charge in [0.25, 0.3) is 5.91 Å². The Kier molecular flexibility index (Phi) is 6.96. The largest absolute Gasteiger partial charge is 0.377 e. The number of aryl methyl sites for hydroxylation is 1. The van der Waals surface area contributed by atoms with Gasteiger partial charge in [-0.25, -0.2) is 17.8 Å². The molecule has 0 aliphatic heterocycles. The first-order chi connectivity index (χ1) is 14.4. The number of hydrogen-bond acceptors (Lipinski definition) is 6. The van der Waals surface area contributed by atoms with Gasteiger partial charge in [0.2, 0.25) is 10.0 Å². The van der Waals surface area contributed by atoms with E-state index in [2.05, 4.69) is 15.0 Å². The fraction of sp³-hybridized carbons (Fsp3) is 0.286. The van der Waals surface area contributed by atoms with Crippen LogP contribution in [0.25, 0.3) is 5.69 Å². The van der Waals surface area contributed by atoms with E-state index in [0.717, 1.165) is 16.8 Å². The quantitative estimate of drug-likeness (QED) is 0.526. The van der Waals surface area contributed by atoms with Crippen molar-refractivity contribution in [3.8, 4) is 5.69 Å². The predicted molar refractivity (Wildman–Crippen MR) is 113 cm³/mol. The summed E-state index contributed by atoms with van der Waals surface area (Å²) in [6.07, 6.45) is 0.268. The van der Waals surface area contributed by atoms with E-state index >= 15 is 0 Å². The second-order valence-corrected chi connectivity index (χ2v) is 8.76. The molecule has 3 aromatic rings. The molecule has 0 atom stereocenters. The SMILES string of the molecule is Cc1cccc(-n2nnc(C(=O)NS(=O)(=O)CCCOCc3ccccc3)c2C)c1. The van der Waals surface area contributed by atoms with Crippen LogP contribution >= 0.6 is 0 Å². The van der Waals surface area contributed by atoms with Gasteiger partial charge in [0.15, 0.2) is 5.69 Å². The maximum Gasteiger partial charge on any atom is 0.287 e. The first kappa shape index (κ1) is 21.7. The van der Waals surface area contributed by atoms with E-state index in [4.69, 9.17) is 4.74 Å². The third-order valence-corrected chi connectivity index (χ3v) is 5.74. The fourth-order valence-electron chi connectivity index (χ4n) is 2.90. The number of carbonyl (C=O) groups is 1. The monoisotopic (exact) mass is 428 g/mol. The number of benzene rings is 2. The molecule has 1 N–H and O–H groups in total. The number of amides is 1. The van der Waals surface area contributed by atoms with Crippen molar-refractivity contribution in [1.29, 1.82) is 0 Å². The molecule has 0 spiro atoms. The van der Waals surface area contributed by atoms with Gasteiger partial charge in [0, 0.05) is 6.61 Å². The number of ether oxygens (including phenoxy) is 1. The second kappa shape index (κ2) is 9.64. The van der Waals surface area contributed by atoms with E-state index in [9.17, 15) is 13.2 Å². The van der Waals surface area contributed by atoms with Crippen LogP contribution < -0.4 is 4.72 Å². The summed E-state index contributed by atoms with van der Waals surface area (Å²) in [5.41, 5.74) is 3.23. The van der Waals surface area contributed by atoms with Gasteiger partial charge < -0.3 is 4.74 Å². The van der Waals surface area contributed by atoms with Crippen LogP contribution in [0.1, 0.15) is 33.7 Å². The summed E-state index contributed by atoms with van der Waals surface area (Å²) < 4.78 is 33.5. The van der Waals surface area contributed by atoms with Crippen molar-refractivity contribution in [2.75, 3.05) is 12.4 Å². The summed E-state index contributed by atoms with van der Waals surface area (Å²) >= 11 is 0. The highest BCUT2D eigenvalue weighted by atomic mass is 32.2. The first-order valence-corrected chi connectivity index (χ1v) is 11.2. The van der Waals surface area contributed by atoms with Crippen LogP contribution in [-0.4, -0.2) is 41.7 Å². The topological polar surface area (TPSA) is 103 Å². The molecule has 158 valence electrons. The molecule has 0 saturated heterocycles. The predicted octanol–water partition coefficient (Wildman–Crippen LogP) is 2.55. The van der Waals surface area contributed by atoms with Crippen molar-refractivity contribution < 1.29 is 17.9 Å². The van der Waals surface area contributed by atoms with E-state index in [0.29, 0.717) is 12.3 Å². The van der Waals surface area contributed by atoms with Crippen molar-refractivity contribution in [3.63, 3.8) is 0 Å². The van der Waals surface area contributed by atoms with Crippen LogP contribution in [-0.2, 0) is 21.4 Å². The maximum absolute atomic E-state index is 12.4. The zero-order valence-corrected chi connectivity index (χ0v) is 17.7. The van der Waals surface area contributed by atoms with Crippen molar-refractivity contribution in [2.45, 2.75) is 26.9 Å². The number of aromatic nitrogens is 3. The zero-order chi connectivity index (χ0) is 21.6. The minimum Gasteiger partial charge on any atom is -0.377 e. The van der Waals surface area contributed by atoms with Crippen LogP contribution in [0.2, 0.25) is 0 Å². The Bertz CT molecular complexity index is 1110. The van der Waals surface area contributed by atoms with Gasteiger partial charge in [-0.05, 0) is 43.5 Å². The third kappa shape index (κ3) is 5.74. The second-order valence-electron chi connectivity index (χ2n) is 6.92. The maximum atomic E-state index is 12.4. The molecule has 0 radical (unpaired) electrons. The summed E-state index contributed by atoms with van der Waals surface area (Å²) in [4.78, 5) is 12.4. The van der Waals surface area contributed by atoms with Crippen LogP contribution in [0.4, 0.5) is 0 Å². The molecule has 0 aliphatic rings. The van der Waals surface area contributed by atoms with E-state index in [-0.39, 0.29) is 24.5 Å². The van der Waals surface area contributed by atoms with Gasteiger partial charge >= 0.3 is 0 Å². The molecule has 8 nitrogen and oxygen atoms in total. The highest BCUT2D eigenvalue weighted by Crippen LogP contribution is 2.14. The lowest BCUT2D eigenvalue weighted by Crippen LogP contribution is -2.33. The smallest absolute Gasteiger partial charge is 0.287 e. The van der Waals surface area contributed by atoms with Gasteiger partial charge in [-0.2, -0.15) is 0 Å². The number of rotatable bonds is 9. The van der Waals surface area contributed by atoms with Gasteiger partial charge in [0.05, 0.1) is 23.7 Å². The minimum atomic E-state index is -3.81. The van der Waals surface area contributed by atoms with Gasteiger partial charge in [-0.1, -0.05) is 47.7 Å². The van der Waals surface area contributed by atoms with Crippen molar-refractivity contribution in [2.24, 2.45) is 0 Å². The Morgan fingerprint density at radius 2 is 1.87 bits per heavy atom. The number of nitrogens with zero attached hydrogens (tertiary/aromatic N) is 3. The van der Waals surface area contributed by atoms with Crippen molar-refractivity contribution in [3.05, 3.63) is 77.1 Å². The number of carbonyl (C=O) groups excluding carboxylic acids is 1. The molecule has 1 heterocycles. The van der Waals surface area contributed by atoms with Crippen LogP contribution in [0, 0.1) is 13.8 Å². The summed E-state index contributed by atoms with van der Waals surface area (Å²) in [5.74, 6) is -1.02. The Morgan fingerprint density at radius 1 is 1.10 bits per heavy atom. The Balaban J connectivity index is 1.53. The number of hydrogen-bond donors (Lipinski definition) is 1.